The number of hydrogen-bond donors (Lipinski definition) is 2. The third-order valence-corrected chi connectivity index (χ3v) is 2.79. The van der Waals surface area contributed by atoms with E-state index in [0.717, 1.165) is 19.3 Å². The summed E-state index contributed by atoms with van der Waals surface area (Å²) in [5.74, 6) is 0.402. The van der Waals surface area contributed by atoms with Crippen molar-refractivity contribution in [3.05, 3.63) is 17.0 Å². The molecule has 0 aliphatic rings. The molecule has 5 nitrogen and oxygen atoms in total. The summed E-state index contributed by atoms with van der Waals surface area (Å²) in [5, 5.41) is 6.69. The molecule has 1 aromatic rings. The van der Waals surface area contributed by atoms with Crippen LogP contribution < -0.4 is 11.1 Å². The molecule has 0 radical (unpaired) electrons. The quantitative estimate of drug-likeness (QED) is 0.789. The number of nitrogens with zero attached hydrogens (tertiary/aromatic N) is 1. The highest BCUT2D eigenvalue weighted by atomic mass is 16.5. The summed E-state index contributed by atoms with van der Waals surface area (Å²) in [7, 11) is 0. The predicted molar refractivity (Wildman–Crippen MR) is 65.8 cm³/mol. The van der Waals surface area contributed by atoms with E-state index in [1.165, 1.54) is 0 Å². The van der Waals surface area contributed by atoms with E-state index >= 15 is 0 Å². The second kappa shape index (κ2) is 6.39. The zero-order valence-electron chi connectivity index (χ0n) is 10.7. The van der Waals surface area contributed by atoms with Crippen LogP contribution in [0.4, 0.5) is 0 Å². The second-order valence-corrected chi connectivity index (χ2v) is 4.25. The maximum absolute atomic E-state index is 12.0. The Bertz CT molecular complexity index is 354. The molecule has 1 atom stereocenters. The van der Waals surface area contributed by atoms with E-state index < -0.39 is 0 Å². The normalized spacial score (nSPS) is 12.5. The van der Waals surface area contributed by atoms with Crippen LogP contribution in [0, 0.1) is 13.8 Å². The lowest BCUT2D eigenvalue weighted by Gasteiger charge is -2.16. The molecule has 0 spiro atoms. The number of nitrogens with one attached hydrogen (secondary N) is 1. The SMILES string of the molecule is CCCCC(CN)NC(=O)c1c(C)noc1C. The number of rotatable bonds is 6. The van der Waals surface area contributed by atoms with Crippen LogP contribution in [-0.4, -0.2) is 23.7 Å². The van der Waals surface area contributed by atoms with Crippen LogP contribution in [0.25, 0.3) is 0 Å². The molecule has 0 saturated heterocycles. The molecular formula is C12H21N3O2. The van der Waals surface area contributed by atoms with Gasteiger partial charge in [-0.15, -0.1) is 0 Å². The first kappa shape index (κ1) is 13.7. The van der Waals surface area contributed by atoms with Gasteiger partial charge in [-0.05, 0) is 20.3 Å². The molecule has 0 bridgehead atoms. The average Bonchev–Trinajstić information content (AvgIpc) is 2.64. The van der Waals surface area contributed by atoms with Gasteiger partial charge in [-0.25, -0.2) is 0 Å². The molecule has 96 valence electrons. The number of aryl methyl sites for hydroxylation is 2. The van der Waals surface area contributed by atoms with Crippen LogP contribution in [0.2, 0.25) is 0 Å². The minimum absolute atomic E-state index is 0.0242. The molecule has 0 aliphatic heterocycles. The Morgan fingerprint density at radius 3 is 2.71 bits per heavy atom. The molecule has 0 saturated carbocycles. The third kappa shape index (κ3) is 3.56. The maximum Gasteiger partial charge on any atom is 0.257 e. The summed E-state index contributed by atoms with van der Waals surface area (Å²) in [4.78, 5) is 12.0. The van der Waals surface area contributed by atoms with Crippen molar-refractivity contribution in [2.45, 2.75) is 46.1 Å². The van der Waals surface area contributed by atoms with Crippen LogP contribution >= 0.6 is 0 Å². The zero-order chi connectivity index (χ0) is 12.8. The van der Waals surface area contributed by atoms with E-state index in [4.69, 9.17) is 10.3 Å². The van der Waals surface area contributed by atoms with E-state index in [1.54, 1.807) is 13.8 Å². The van der Waals surface area contributed by atoms with Crippen molar-refractivity contribution in [1.29, 1.82) is 0 Å². The number of hydrogen-bond acceptors (Lipinski definition) is 4. The van der Waals surface area contributed by atoms with Crippen LogP contribution in [0.1, 0.15) is 48.0 Å². The van der Waals surface area contributed by atoms with Crippen LogP contribution in [0.3, 0.4) is 0 Å². The average molecular weight is 239 g/mol. The Morgan fingerprint density at radius 1 is 1.53 bits per heavy atom. The molecule has 5 heteroatoms. The summed E-state index contributed by atoms with van der Waals surface area (Å²) in [6, 6.07) is 0.0242. The number of carbonyl (C=O) groups excluding carboxylic acids is 1. The smallest absolute Gasteiger partial charge is 0.257 e. The van der Waals surface area contributed by atoms with Crippen LogP contribution in [0.5, 0.6) is 0 Å². The van der Waals surface area contributed by atoms with Crippen molar-refractivity contribution in [3.8, 4) is 0 Å². The van der Waals surface area contributed by atoms with Crippen molar-refractivity contribution in [2.24, 2.45) is 5.73 Å². The number of carbonyl (C=O) groups is 1. The van der Waals surface area contributed by atoms with Gasteiger partial charge in [0.25, 0.3) is 5.91 Å². The fourth-order valence-electron chi connectivity index (χ4n) is 1.76. The van der Waals surface area contributed by atoms with E-state index in [1.807, 2.05) is 0 Å². The van der Waals surface area contributed by atoms with Gasteiger partial charge in [0.15, 0.2) is 0 Å². The van der Waals surface area contributed by atoms with Gasteiger partial charge in [-0.2, -0.15) is 0 Å². The predicted octanol–water partition coefficient (Wildman–Crippen LogP) is 1.54. The van der Waals surface area contributed by atoms with Crippen molar-refractivity contribution < 1.29 is 9.32 Å². The molecular weight excluding hydrogens is 218 g/mol. The molecule has 1 unspecified atom stereocenters. The fourth-order valence-corrected chi connectivity index (χ4v) is 1.76. The van der Waals surface area contributed by atoms with Crippen molar-refractivity contribution in [2.75, 3.05) is 6.54 Å². The third-order valence-electron chi connectivity index (χ3n) is 2.79. The summed E-state index contributed by atoms with van der Waals surface area (Å²) >= 11 is 0. The number of amides is 1. The van der Waals surface area contributed by atoms with E-state index in [2.05, 4.69) is 17.4 Å². The molecule has 0 fully saturated rings. The van der Waals surface area contributed by atoms with Crippen LogP contribution in [-0.2, 0) is 0 Å². The highest BCUT2D eigenvalue weighted by Crippen LogP contribution is 2.12. The van der Waals surface area contributed by atoms with Gasteiger partial charge in [0.2, 0.25) is 0 Å². The lowest BCUT2D eigenvalue weighted by atomic mass is 10.1. The zero-order valence-corrected chi connectivity index (χ0v) is 10.7. The summed E-state index contributed by atoms with van der Waals surface area (Å²) < 4.78 is 4.97. The van der Waals surface area contributed by atoms with Crippen molar-refractivity contribution in [3.63, 3.8) is 0 Å². The fraction of sp³-hybridized carbons (Fsp3) is 0.667. The summed E-state index contributed by atoms with van der Waals surface area (Å²) in [6.45, 7) is 6.06. The Hall–Kier alpha value is -1.36. The first-order valence-corrected chi connectivity index (χ1v) is 6.03. The first-order valence-electron chi connectivity index (χ1n) is 6.03. The lowest BCUT2D eigenvalue weighted by Crippen LogP contribution is -2.40. The topological polar surface area (TPSA) is 81.1 Å². The monoisotopic (exact) mass is 239 g/mol. The lowest BCUT2D eigenvalue weighted by molar-refractivity contribution is 0.0933. The first-order chi connectivity index (χ1) is 8.10. The van der Waals surface area contributed by atoms with Crippen LogP contribution in [0.15, 0.2) is 4.52 Å². The standard InChI is InChI=1S/C12H21N3O2/c1-4-5-6-10(7-13)14-12(16)11-8(2)15-17-9(11)3/h10H,4-7,13H2,1-3H3,(H,14,16). The number of unbranched alkanes of at least 4 members (excludes halogenated alkanes) is 1. The summed E-state index contributed by atoms with van der Waals surface area (Å²) in [6.07, 6.45) is 3.06. The molecule has 3 N–H and O–H groups in total. The van der Waals surface area contributed by atoms with Gasteiger partial charge < -0.3 is 15.6 Å². The minimum atomic E-state index is -0.146. The van der Waals surface area contributed by atoms with Crippen molar-refractivity contribution >= 4 is 5.91 Å². The summed E-state index contributed by atoms with van der Waals surface area (Å²) in [5.41, 5.74) is 6.78. The van der Waals surface area contributed by atoms with Gasteiger partial charge in [-0.1, -0.05) is 24.9 Å². The second-order valence-electron chi connectivity index (χ2n) is 4.25. The minimum Gasteiger partial charge on any atom is -0.361 e. The highest BCUT2D eigenvalue weighted by Gasteiger charge is 2.19. The van der Waals surface area contributed by atoms with Crippen molar-refractivity contribution in [1.82, 2.24) is 10.5 Å². The number of aromatic nitrogens is 1. The molecule has 0 aliphatic carbocycles. The molecule has 1 amide bonds. The van der Waals surface area contributed by atoms with E-state index in [9.17, 15) is 4.79 Å². The Balaban J connectivity index is 2.64. The maximum atomic E-state index is 12.0. The molecule has 1 rings (SSSR count). The highest BCUT2D eigenvalue weighted by molar-refractivity contribution is 5.96. The van der Waals surface area contributed by atoms with Gasteiger partial charge in [0.05, 0.1) is 5.69 Å². The van der Waals surface area contributed by atoms with E-state index in [0.29, 0.717) is 23.6 Å². The Morgan fingerprint density at radius 2 is 2.24 bits per heavy atom. The van der Waals surface area contributed by atoms with Gasteiger partial charge in [-0.3, -0.25) is 4.79 Å². The largest absolute Gasteiger partial charge is 0.361 e. The number of nitrogens with two attached hydrogens (primary N) is 1. The van der Waals surface area contributed by atoms with Gasteiger partial charge >= 0.3 is 0 Å². The molecule has 17 heavy (non-hydrogen) atoms. The Labute approximate surface area is 102 Å². The molecule has 1 aromatic heterocycles. The van der Waals surface area contributed by atoms with E-state index in [-0.39, 0.29) is 11.9 Å². The Kier molecular flexibility index (Phi) is 5.15. The molecule has 0 aromatic carbocycles. The van der Waals surface area contributed by atoms with Gasteiger partial charge in [0.1, 0.15) is 11.3 Å². The van der Waals surface area contributed by atoms with Gasteiger partial charge in [0, 0.05) is 12.6 Å². The molecule has 1 heterocycles.